The zero-order valence-electron chi connectivity index (χ0n) is 12.5. The molecule has 23 heavy (non-hydrogen) atoms. The van der Waals surface area contributed by atoms with Gasteiger partial charge in [-0.3, -0.25) is 4.79 Å². The molecule has 2 N–H and O–H groups in total. The van der Waals surface area contributed by atoms with Crippen LogP contribution in [0.15, 0.2) is 34.7 Å². The van der Waals surface area contributed by atoms with Gasteiger partial charge < -0.3 is 5.73 Å². The fraction of sp³-hybridized carbons (Fsp3) is 0.188. The summed E-state index contributed by atoms with van der Waals surface area (Å²) in [5, 5.41) is 4.13. The minimum atomic E-state index is -0.359. The van der Waals surface area contributed by atoms with Gasteiger partial charge in [0.25, 0.3) is 0 Å². The average Bonchev–Trinajstić information content (AvgIpc) is 2.91. The molecule has 3 aromatic rings. The molecule has 0 bridgehead atoms. The van der Waals surface area contributed by atoms with Crippen molar-refractivity contribution < 1.29 is 4.79 Å². The van der Waals surface area contributed by atoms with E-state index in [2.05, 4.69) is 15.3 Å². The van der Waals surface area contributed by atoms with Gasteiger partial charge in [0.1, 0.15) is 15.7 Å². The number of nitrogens with zero attached hydrogens (tertiary/aromatic N) is 2. The van der Waals surface area contributed by atoms with Crippen LogP contribution in [-0.2, 0) is 4.79 Å². The van der Waals surface area contributed by atoms with Crippen LogP contribution in [0.1, 0.15) is 12.7 Å². The van der Waals surface area contributed by atoms with E-state index in [1.165, 1.54) is 11.8 Å². The van der Waals surface area contributed by atoms with Crippen molar-refractivity contribution in [3.8, 4) is 11.1 Å². The van der Waals surface area contributed by atoms with Crippen molar-refractivity contribution in [1.29, 1.82) is 0 Å². The molecule has 0 fully saturated rings. The second kappa shape index (κ2) is 6.47. The number of fused-ring (bicyclic) bond motifs is 1. The molecule has 0 spiro atoms. The fourth-order valence-electron chi connectivity index (χ4n) is 2.16. The van der Waals surface area contributed by atoms with E-state index < -0.39 is 0 Å². The van der Waals surface area contributed by atoms with E-state index in [0.29, 0.717) is 10.8 Å². The number of aromatic nitrogens is 2. The number of rotatable bonds is 4. The molecular weight excluding hydrogens is 350 g/mol. The lowest BCUT2D eigenvalue weighted by atomic mass is 10.1. The highest BCUT2D eigenvalue weighted by Crippen LogP contribution is 2.39. The zero-order valence-corrected chi connectivity index (χ0v) is 14.9. The fourth-order valence-corrected chi connectivity index (χ4v) is 4.31. The van der Waals surface area contributed by atoms with Gasteiger partial charge in [-0.2, -0.15) is 0 Å². The average molecular weight is 364 g/mol. The van der Waals surface area contributed by atoms with Crippen LogP contribution in [-0.4, -0.2) is 21.1 Å². The quantitative estimate of drug-likeness (QED) is 0.554. The van der Waals surface area contributed by atoms with E-state index in [1.54, 1.807) is 18.3 Å². The minimum Gasteiger partial charge on any atom is -0.369 e. The van der Waals surface area contributed by atoms with E-state index >= 15 is 0 Å². The molecule has 2 heterocycles. The Kier molecular flexibility index (Phi) is 4.57. The summed E-state index contributed by atoms with van der Waals surface area (Å²) < 4.78 is 0. The second-order valence-electron chi connectivity index (χ2n) is 5.07. The Labute approximate surface area is 147 Å². The van der Waals surface area contributed by atoms with Crippen molar-refractivity contribution in [2.24, 2.45) is 5.73 Å². The topological polar surface area (TPSA) is 68.9 Å². The lowest BCUT2D eigenvalue weighted by molar-refractivity contribution is -0.117. The monoisotopic (exact) mass is 363 g/mol. The first kappa shape index (κ1) is 16.2. The van der Waals surface area contributed by atoms with Crippen LogP contribution < -0.4 is 5.73 Å². The number of carbonyl (C=O) groups excluding carboxylic acids is 1. The maximum Gasteiger partial charge on any atom is 0.230 e. The van der Waals surface area contributed by atoms with Gasteiger partial charge in [-0.1, -0.05) is 35.5 Å². The lowest BCUT2D eigenvalue weighted by Crippen LogP contribution is -2.22. The molecule has 0 aliphatic heterocycles. The molecule has 1 aromatic carbocycles. The highest BCUT2D eigenvalue weighted by molar-refractivity contribution is 8.00. The van der Waals surface area contributed by atoms with E-state index in [0.717, 1.165) is 26.4 Å². The number of nitrogens with two attached hydrogens (primary N) is 1. The maximum atomic E-state index is 11.4. The Hall–Kier alpha value is -1.63. The van der Waals surface area contributed by atoms with Gasteiger partial charge in [-0.25, -0.2) is 9.97 Å². The number of thiophene rings is 1. The highest BCUT2D eigenvalue weighted by Gasteiger charge is 2.19. The Morgan fingerprint density at radius 1 is 1.30 bits per heavy atom. The number of carbonyl (C=O) groups is 1. The van der Waals surface area contributed by atoms with Crippen LogP contribution in [0.5, 0.6) is 0 Å². The van der Waals surface area contributed by atoms with Gasteiger partial charge in [0.05, 0.1) is 10.6 Å². The Bertz CT molecular complexity index is 877. The number of amides is 1. The standard InChI is InChI=1S/C16H14ClN3OS2/c1-8(14(18)21)23-16-13-12(10-3-5-11(17)6-4-10)7-22-15(13)19-9(2)20-16/h3-8H,1-2H3,(H2,18,21). The first-order chi connectivity index (χ1) is 11.0. The largest absolute Gasteiger partial charge is 0.369 e. The maximum absolute atomic E-state index is 11.4. The molecule has 1 amide bonds. The molecular formula is C16H14ClN3OS2. The molecule has 118 valence electrons. The van der Waals surface area contributed by atoms with Crippen molar-refractivity contribution in [3.63, 3.8) is 0 Å². The Morgan fingerprint density at radius 3 is 2.65 bits per heavy atom. The molecule has 2 aromatic heterocycles. The second-order valence-corrected chi connectivity index (χ2v) is 7.70. The molecule has 0 saturated heterocycles. The molecule has 0 saturated carbocycles. The van der Waals surface area contributed by atoms with Gasteiger partial charge in [-0.05, 0) is 31.5 Å². The van der Waals surface area contributed by atoms with Gasteiger partial charge in [0.15, 0.2) is 0 Å². The molecule has 7 heteroatoms. The van der Waals surface area contributed by atoms with Crippen LogP contribution in [0.4, 0.5) is 0 Å². The molecule has 1 atom stereocenters. The van der Waals surface area contributed by atoms with Crippen LogP contribution >= 0.6 is 34.7 Å². The summed E-state index contributed by atoms with van der Waals surface area (Å²) in [6.45, 7) is 3.63. The molecule has 3 rings (SSSR count). The predicted molar refractivity (Wildman–Crippen MR) is 97.1 cm³/mol. The summed E-state index contributed by atoms with van der Waals surface area (Å²) in [5.74, 6) is 0.323. The molecule has 4 nitrogen and oxygen atoms in total. The van der Waals surface area contributed by atoms with Gasteiger partial charge in [0.2, 0.25) is 5.91 Å². The number of hydrogen-bond acceptors (Lipinski definition) is 5. The van der Waals surface area contributed by atoms with Crippen molar-refractivity contribution in [2.75, 3.05) is 0 Å². The number of hydrogen-bond donors (Lipinski definition) is 1. The van der Waals surface area contributed by atoms with Crippen molar-refractivity contribution in [1.82, 2.24) is 9.97 Å². The first-order valence-electron chi connectivity index (χ1n) is 6.93. The van der Waals surface area contributed by atoms with Gasteiger partial charge in [0, 0.05) is 16.0 Å². The normalized spacial score (nSPS) is 12.5. The van der Waals surface area contributed by atoms with E-state index in [-0.39, 0.29) is 11.2 Å². The zero-order chi connectivity index (χ0) is 16.6. The summed E-state index contributed by atoms with van der Waals surface area (Å²) in [6, 6.07) is 7.65. The van der Waals surface area contributed by atoms with Gasteiger partial charge in [-0.15, -0.1) is 11.3 Å². The van der Waals surface area contributed by atoms with Crippen LogP contribution in [0.25, 0.3) is 21.3 Å². The van der Waals surface area contributed by atoms with E-state index in [4.69, 9.17) is 17.3 Å². The van der Waals surface area contributed by atoms with Crippen molar-refractivity contribution in [3.05, 3.63) is 40.5 Å². The minimum absolute atomic E-state index is 0.356. The van der Waals surface area contributed by atoms with Crippen LogP contribution in [0.2, 0.25) is 5.02 Å². The number of halogens is 1. The summed E-state index contributed by atoms with van der Waals surface area (Å²) in [6.07, 6.45) is 0. The third-order valence-corrected chi connectivity index (χ3v) is 5.59. The SMILES string of the molecule is Cc1nc(SC(C)C(N)=O)c2c(-c3ccc(Cl)cc3)csc2n1. The molecule has 1 unspecified atom stereocenters. The van der Waals surface area contributed by atoms with Crippen molar-refractivity contribution >= 4 is 50.8 Å². The number of primary amides is 1. The third-order valence-electron chi connectivity index (χ3n) is 3.36. The van der Waals surface area contributed by atoms with Crippen LogP contribution in [0, 0.1) is 6.92 Å². The lowest BCUT2D eigenvalue weighted by Gasteiger charge is -2.09. The van der Waals surface area contributed by atoms with E-state index in [9.17, 15) is 4.79 Å². The smallest absolute Gasteiger partial charge is 0.230 e. The Balaban J connectivity index is 2.16. The van der Waals surface area contributed by atoms with E-state index in [1.807, 2.05) is 31.2 Å². The molecule has 0 aliphatic rings. The summed E-state index contributed by atoms with van der Waals surface area (Å²) in [4.78, 5) is 21.3. The van der Waals surface area contributed by atoms with Gasteiger partial charge >= 0.3 is 0 Å². The Morgan fingerprint density at radius 2 is 2.00 bits per heavy atom. The highest BCUT2D eigenvalue weighted by atomic mass is 35.5. The predicted octanol–water partition coefficient (Wildman–Crippen LogP) is 4.29. The number of thioether (sulfide) groups is 1. The summed E-state index contributed by atoms with van der Waals surface area (Å²) >= 11 is 8.90. The molecule has 0 radical (unpaired) electrons. The van der Waals surface area contributed by atoms with Crippen molar-refractivity contribution in [2.45, 2.75) is 24.1 Å². The number of benzene rings is 1. The number of aryl methyl sites for hydroxylation is 1. The summed E-state index contributed by atoms with van der Waals surface area (Å²) in [7, 11) is 0. The summed E-state index contributed by atoms with van der Waals surface area (Å²) in [5.41, 5.74) is 7.48. The first-order valence-corrected chi connectivity index (χ1v) is 9.07. The van der Waals surface area contributed by atoms with Crippen LogP contribution in [0.3, 0.4) is 0 Å². The third kappa shape index (κ3) is 3.34. The molecule has 0 aliphatic carbocycles.